The quantitative estimate of drug-likeness (QED) is 0.902. The topological polar surface area (TPSA) is 47.6 Å². The first-order chi connectivity index (χ1) is 10.2. The van der Waals surface area contributed by atoms with Crippen molar-refractivity contribution in [2.75, 3.05) is 5.32 Å². The molecule has 0 saturated heterocycles. The van der Waals surface area contributed by atoms with E-state index in [2.05, 4.69) is 12.2 Å². The summed E-state index contributed by atoms with van der Waals surface area (Å²) in [6, 6.07) is 5.70. The minimum absolute atomic E-state index is 0.119. The highest BCUT2D eigenvalue weighted by Gasteiger charge is 2.43. The van der Waals surface area contributed by atoms with Crippen molar-refractivity contribution in [3.8, 4) is 11.5 Å². The molecule has 4 heteroatoms. The van der Waals surface area contributed by atoms with Crippen LogP contribution in [0.25, 0.3) is 0 Å². The van der Waals surface area contributed by atoms with Crippen molar-refractivity contribution < 1.29 is 14.3 Å². The van der Waals surface area contributed by atoms with Crippen LogP contribution < -0.4 is 14.8 Å². The molecule has 0 bridgehead atoms. The summed E-state index contributed by atoms with van der Waals surface area (Å²) in [6.07, 6.45) is 6.45. The van der Waals surface area contributed by atoms with E-state index >= 15 is 0 Å². The maximum atomic E-state index is 12.0. The van der Waals surface area contributed by atoms with Crippen LogP contribution in [0.15, 0.2) is 18.2 Å². The van der Waals surface area contributed by atoms with Gasteiger partial charge in [-0.05, 0) is 37.3 Å². The molecule has 2 atom stereocenters. The molecule has 112 valence electrons. The third kappa shape index (κ3) is 2.37. The van der Waals surface area contributed by atoms with Gasteiger partial charge in [-0.15, -0.1) is 0 Å². The summed E-state index contributed by atoms with van der Waals surface area (Å²) in [5, 5.41) is 2.98. The molecule has 4 rings (SSSR count). The molecule has 1 aromatic carbocycles. The van der Waals surface area contributed by atoms with Crippen LogP contribution >= 0.6 is 0 Å². The Balaban J connectivity index is 1.49. The molecule has 21 heavy (non-hydrogen) atoms. The maximum Gasteiger partial charge on any atom is 0.251 e. The van der Waals surface area contributed by atoms with Crippen molar-refractivity contribution in [3.05, 3.63) is 18.2 Å². The monoisotopic (exact) mass is 287 g/mol. The number of anilines is 1. The van der Waals surface area contributed by atoms with E-state index in [1.807, 2.05) is 18.2 Å². The Morgan fingerprint density at radius 2 is 1.90 bits per heavy atom. The average molecular weight is 287 g/mol. The molecular formula is C17H21NO3. The van der Waals surface area contributed by atoms with Crippen molar-refractivity contribution in [1.29, 1.82) is 0 Å². The van der Waals surface area contributed by atoms with E-state index in [-0.39, 0.29) is 11.8 Å². The van der Waals surface area contributed by atoms with Crippen LogP contribution in [0.1, 0.15) is 45.4 Å². The second kappa shape index (κ2) is 4.65. The fraction of sp³-hybridized carbons (Fsp3) is 0.588. The van der Waals surface area contributed by atoms with Crippen LogP contribution in [0.2, 0.25) is 0 Å². The minimum Gasteiger partial charge on any atom is -0.448 e. The highest BCUT2D eigenvalue weighted by atomic mass is 16.7. The average Bonchev–Trinajstić information content (AvgIpc) is 3.10. The van der Waals surface area contributed by atoms with Crippen LogP contribution in [0, 0.1) is 11.8 Å². The summed E-state index contributed by atoms with van der Waals surface area (Å²) in [6.45, 7) is 2.11. The second-order valence-electron chi connectivity index (χ2n) is 6.65. The predicted octanol–water partition coefficient (Wildman–Crippen LogP) is 3.71. The summed E-state index contributed by atoms with van der Waals surface area (Å²) >= 11 is 0. The van der Waals surface area contributed by atoms with E-state index in [4.69, 9.17) is 9.47 Å². The van der Waals surface area contributed by atoms with Crippen LogP contribution in [0.4, 0.5) is 5.69 Å². The van der Waals surface area contributed by atoms with Gasteiger partial charge in [0.2, 0.25) is 5.91 Å². The van der Waals surface area contributed by atoms with Gasteiger partial charge in [-0.1, -0.05) is 13.3 Å². The number of carbonyl (C=O) groups is 1. The first-order valence-corrected chi connectivity index (χ1v) is 7.98. The highest BCUT2D eigenvalue weighted by molar-refractivity contribution is 5.94. The van der Waals surface area contributed by atoms with E-state index in [0.717, 1.165) is 49.3 Å². The van der Waals surface area contributed by atoms with Gasteiger partial charge in [0.05, 0.1) is 0 Å². The summed E-state index contributed by atoms with van der Waals surface area (Å²) in [7, 11) is 0. The standard InChI is InChI=1S/C17H21NO3/c1-11-9-13(11)16(19)18-12-5-6-14-15(10-12)21-17(20-14)7-3-2-4-8-17/h5-6,10-11,13H,2-4,7-9H2,1H3,(H,18,19)/t11-,13+/m1/s1. The molecule has 3 aliphatic rings. The van der Waals surface area contributed by atoms with E-state index in [0.29, 0.717) is 5.92 Å². The van der Waals surface area contributed by atoms with Crippen LogP contribution in [-0.4, -0.2) is 11.7 Å². The molecule has 0 aromatic heterocycles. The smallest absolute Gasteiger partial charge is 0.251 e. The van der Waals surface area contributed by atoms with Crippen molar-refractivity contribution in [3.63, 3.8) is 0 Å². The fourth-order valence-corrected chi connectivity index (χ4v) is 3.39. The van der Waals surface area contributed by atoms with Crippen molar-refractivity contribution in [1.82, 2.24) is 0 Å². The summed E-state index contributed by atoms with van der Waals surface area (Å²) in [5.41, 5.74) is 0.800. The largest absolute Gasteiger partial charge is 0.448 e. The number of carbonyl (C=O) groups excluding carboxylic acids is 1. The van der Waals surface area contributed by atoms with Gasteiger partial charge >= 0.3 is 0 Å². The molecule has 1 spiro atoms. The third-order valence-electron chi connectivity index (χ3n) is 4.86. The van der Waals surface area contributed by atoms with Gasteiger partial charge in [-0.2, -0.15) is 0 Å². The molecule has 0 radical (unpaired) electrons. The fourth-order valence-electron chi connectivity index (χ4n) is 3.39. The number of ether oxygens (including phenoxy) is 2. The van der Waals surface area contributed by atoms with Crippen molar-refractivity contribution in [2.24, 2.45) is 11.8 Å². The molecule has 2 aliphatic carbocycles. The number of amides is 1. The van der Waals surface area contributed by atoms with Crippen LogP contribution in [0.3, 0.4) is 0 Å². The zero-order valence-electron chi connectivity index (χ0n) is 12.4. The number of rotatable bonds is 2. The Hall–Kier alpha value is -1.71. The van der Waals surface area contributed by atoms with Gasteiger partial charge < -0.3 is 14.8 Å². The zero-order chi connectivity index (χ0) is 14.4. The Kier molecular flexibility index (Phi) is 2.88. The van der Waals surface area contributed by atoms with Crippen molar-refractivity contribution in [2.45, 2.75) is 51.2 Å². The number of fused-ring (bicyclic) bond motifs is 1. The SMILES string of the molecule is C[C@@H]1C[C@@H]1C(=O)Nc1ccc2c(c1)OC1(CCCCC1)O2. The number of benzene rings is 1. The van der Waals surface area contributed by atoms with E-state index in [9.17, 15) is 4.79 Å². The number of hydrogen-bond acceptors (Lipinski definition) is 3. The summed E-state index contributed by atoms with van der Waals surface area (Å²) in [5.74, 6) is 1.93. The molecule has 1 aliphatic heterocycles. The van der Waals surface area contributed by atoms with Gasteiger partial charge in [0.25, 0.3) is 5.79 Å². The van der Waals surface area contributed by atoms with E-state index < -0.39 is 5.79 Å². The Labute approximate surface area is 124 Å². The molecule has 1 N–H and O–H groups in total. The second-order valence-corrected chi connectivity index (χ2v) is 6.65. The Morgan fingerprint density at radius 3 is 2.62 bits per heavy atom. The lowest BCUT2D eigenvalue weighted by molar-refractivity contribution is -0.117. The summed E-state index contributed by atoms with van der Waals surface area (Å²) in [4.78, 5) is 12.0. The molecule has 4 nitrogen and oxygen atoms in total. The zero-order valence-corrected chi connectivity index (χ0v) is 12.4. The molecule has 0 unspecified atom stereocenters. The van der Waals surface area contributed by atoms with Gasteiger partial charge in [0, 0.05) is 30.5 Å². The Morgan fingerprint density at radius 1 is 1.19 bits per heavy atom. The molecule has 1 amide bonds. The van der Waals surface area contributed by atoms with Crippen molar-refractivity contribution >= 4 is 11.6 Å². The summed E-state index contributed by atoms with van der Waals surface area (Å²) < 4.78 is 12.1. The molecule has 2 saturated carbocycles. The lowest BCUT2D eigenvalue weighted by Gasteiger charge is -2.31. The normalized spacial score (nSPS) is 28.4. The van der Waals surface area contributed by atoms with Gasteiger partial charge in [0.1, 0.15) is 0 Å². The first-order valence-electron chi connectivity index (χ1n) is 7.98. The first kappa shape index (κ1) is 13.0. The number of hydrogen-bond donors (Lipinski definition) is 1. The van der Waals surface area contributed by atoms with E-state index in [1.165, 1.54) is 6.42 Å². The highest BCUT2D eigenvalue weighted by Crippen LogP contribution is 2.46. The van der Waals surface area contributed by atoms with Gasteiger partial charge in [0.15, 0.2) is 11.5 Å². The predicted molar refractivity (Wildman–Crippen MR) is 79.4 cm³/mol. The van der Waals surface area contributed by atoms with E-state index in [1.54, 1.807) is 0 Å². The van der Waals surface area contributed by atoms with Crippen LogP contribution in [-0.2, 0) is 4.79 Å². The van der Waals surface area contributed by atoms with Crippen LogP contribution in [0.5, 0.6) is 11.5 Å². The number of nitrogens with one attached hydrogen (secondary N) is 1. The minimum atomic E-state index is -0.450. The lowest BCUT2D eigenvalue weighted by Crippen LogP contribution is -2.40. The van der Waals surface area contributed by atoms with Gasteiger partial charge in [-0.25, -0.2) is 0 Å². The molecule has 2 fully saturated rings. The molecule has 1 heterocycles. The molecule has 1 aromatic rings. The molecular weight excluding hydrogens is 266 g/mol. The lowest BCUT2D eigenvalue weighted by atomic mass is 9.94. The Bertz CT molecular complexity index is 577. The maximum absolute atomic E-state index is 12.0. The van der Waals surface area contributed by atoms with Gasteiger partial charge in [-0.3, -0.25) is 4.79 Å². The third-order valence-corrected chi connectivity index (χ3v) is 4.86.